The highest BCUT2D eigenvalue weighted by Crippen LogP contribution is 2.31. The summed E-state index contributed by atoms with van der Waals surface area (Å²) >= 11 is 0. The van der Waals surface area contributed by atoms with Gasteiger partial charge in [-0.1, -0.05) is 47.6 Å². The fourth-order valence-corrected chi connectivity index (χ4v) is 5.30. The zero-order chi connectivity index (χ0) is 33.8. The minimum Gasteiger partial charge on any atom is -0.481 e. The van der Waals surface area contributed by atoms with E-state index in [0.29, 0.717) is 55.2 Å². The van der Waals surface area contributed by atoms with Crippen LogP contribution in [0.5, 0.6) is 0 Å². The Morgan fingerprint density at radius 3 is 2.22 bits per heavy atom. The van der Waals surface area contributed by atoms with Crippen molar-refractivity contribution < 1.29 is 24.3 Å². The normalized spacial score (nSPS) is 14.5. The molecule has 12 nitrogen and oxygen atoms in total. The molecule has 1 aliphatic heterocycles. The predicted octanol–water partition coefficient (Wildman–Crippen LogP) is 4.40. The molecule has 46 heavy (non-hydrogen) atoms. The number of carbonyl (C=O) groups excluding carboxylic acids is 3. The first-order chi connectivity index (χ1) is 21.5. The van der Waals surface area contributed by atoms with E-state index in [1.807, 2.05) is 46.4 Å². The molecule has 1 aromatic carbocycles. The standard InChI is InChI=1S/C34H45N7O5/c1-33(2,3)20-29(42)41-15-13-40(14-16-41)26-11-10-22(31(45)36-24(18-30(43)44)23-9-8-12-35-21-23)17-25(26)37-32(46)27-19-28(34(4,5)6)38-39(27)7/h8-12,17,19,21,24H,13-16,18,20H2,1-7H3,(H,36,45)(H,37,46)(H,43,44). The topological polar surface area (TPSA) is 150 Å². The van der Waals surface area contributed by atoms with Gasteiger partial charge in [-0.3, -0.25) is 28.8 Å². The number of hydrogen-bond donors (Lipinski definition) is 3. The van der Waals surface area contributed by atoms with Crippen LogP contribution in [0.25, 0.3) is 0 Å². The van der Waals surface area contributed by atoms with Crippen LogP contribution in [0.2, 0.25) is 0 Å². The third-order valence-corrected chi connectivity index (χ3v) is 7.81. The first-order valence-corrected chi connectivity index (χ1v) is 15.5. The molecule has 12 heteroatoms. The van der Waals surface area contributed by atoms with Crippen LogP contribution >= 0.6 is 0 Å². The molecule has 0 spiro atoms. The minimum atomic E-state index is -1.07. The fraction of sp³-hybridized carbons (Fsp3) is 0.471. The summed E-state index contributed by atoms with van der Waals surface area (Å²) in [4.78, 5) is 59.6. The summed E-state index contributed by atoms with van der Waals surface area (Å²) in [6, 6.07) is 9.37. The molecule has 1 atom stereocenters. The van der Waals surface area contributed by atoms with E-state index < -0.39 is 17.9 Å². The second-order valence-electron chi connectivity index (χ2n) is 14.0. The van der Waals surface area contributed by atoms with E-state index in [-0.39, 0.29) is 34.6 Å². The summed E-state index contributed by atoms with van der Waals surface area (Å²) in [5, 5.41) is 19.8. The van der Waals surface area contributed by atoms with Crippen LogP contribution in [-0.2, 0) is 22.1 Å². The number of anilines is 2. The van der Waals surface area contributed by atoms with Gasteiger partial charge in [0.15, 0.2) is 0 Å². The Kier molecular flexibility index (Phi) is 10.2. The Bertz CT molecular complexity index is 1580. The maximum absolute atomic E-state index is 13.6. The SMILES string of the molecule is Cn1nc(C(C)(C)C)cc1C(=O)Nc1cc(C(=O)NC(CC(=O)O)c2cccnc2)ccc1N1CCN(C(=O)CC(C)(C)C)CC1. The molecule has 1 unspecified atom stereocenters. The second kappa shape index (κ2) is 13.7. The fourth-order valence-electron chi connectivity index (χ4n) is 5.30. The van der Waals surface area contributed by atoms with E-state index in [4.69, 9.17) is 0 Å². The van der Waals surface area contributed by atoms with Crippen LogP contribution in [0.3, 0.4) is 0 Å². The van der Waals surface area contributed by atoms with E-state index >= 15 is 0 Å². The van der Waals surface area contributed by atoms with E-state index in [1.165, 1.54) is 10.9 Å². The highest BCUT2D eigenvalue weighted by molar-refractivity contribution is 6.06. The minimum absolute atomic E-state index is 0.110. The van der Waals surface area contributed by atoms with Crippen molar-refractivity contribution in [3.63, 3.8) is 0 Å². The van der Waals surface area contributed by atoms with Crippen molar-refractivity contribution in [3.05, 3.63) is 71.3 Å². The van der Waals surface area contributed by atoms with Gasteiger partial charge in [0.05, 0.1) is 29.5 Å². The Morgan fingerprint density at radius 2 is 1.65 bits per heavy atom. The van der Waals surface area contributed by atoms with Crippen molar-refractivity contribution in [1.29, 1.82) is 0 Å². The molecule has 1 fully saturated rings. The highest BCUT2D eigenvalue weighted by Gasteiger charge is 2.28. The third-order valence-electron chi connectivity index (χ3n) is 7.81. The molecular formula is C34H45N7O5. The lowest BCUT2D eigenvalue weighted by Crippen LogP contribution is -2.49. The van der Waals surface area contributed by atoms with Gasteiger partial charge in [-0.15, -0.1) is 0 Å². The van der Waals surface area contributed by atoms with Gasteiger partial charge in [-0.05, 0) is 41.3 Å². The molecule has 4 rings (SSSR count). The van der Waals surface area contributed by atoms with Crippen LogP contribution in [0.15, 0.2) is 48.8 Å². The number of aryl methyl sites for hydroxylation is 1. The molecule has 3 N–H and O–H groups in total. The zero-order valence-electron chi connectivity index (χ0n) is 27.8. The Labute approximate surface area is 270 Å². The van der Waals surface area contributed by atoms with Crippen molar-refractivity contribution in [2.45, 2.75) is 65.8 Å². The van der Waals surface area contributed by atoms with Crippen LogP contribution in [-0.4, -0.2) is 74.6 Å². The van der Waals surface area contributed by atoms with E-state index in [9.17, 15) is 24.3 Å². The molecule has 2 aromatic heterocycles. The van der Waals surface area contributed by atoms with Gasteiger partial charge in [0.2, 0.25) is 5.91 Å². The molecule has 1 saturated heterocycles. The van der Waals surface area contributed by atoms with Crippen LogP contribution < -0.4 is 15.5 Å². The average Bonchev–Trinajstić information content (AvgIpc) is 3.38. The van der Waals surface area contributed by atoms with Gasteiger partial charge >= 0.3 is 5.97 Å². The summed E-state index contributed by atoms with van der Waals surface area (Å²) in [7, 11) is 1.71. The summed E-state index contributed by atoms with van der Waals surface area (Å²) in [5.41, 5.74) is 2.70. The van der Waals surface area contributed by atoms with Crippen LogP contribution in [0, 0.1) is 5.41 Å². The second-order valence-corrected chi connectivity index (χ2v) is 14.0. The maximum Gasteiger partial charge on any atom is 0.305 e. The largest absolute Gasteiger partial charge is 0.481 e. The van der Waals surface area contributed by atoms with Crippen molar-refractivity contribution >= 4 is 35.1 Å². The quantitative estimate of drug-likeness (QED) is 0.315. The lowest BCUT2D eigenvalue weighted by atomic mass is 9.91. The summed E-state index contributed by atoms with van der Waals surface area (Å²) in [6.45, 7) is 14.3. The number of nitrogens with one attached hydrogen (secondary N) is 2. The number of rotatable bonds is 9. The number of amides is 3. The summed E-state index contributed by atoms with van der Waals surface area (Å²) < 4.78 is 1.54. The Balaban J connectivity index is 1.63. The molecule has 246 valence electrons. The van der Waals surface area contributed by atoms with Gasteiger partial charge < -0.3 is 25.5 Å². The molecule has 3 heterocycles. The third kappa shape index (κ3) is 8.70. The molecule has 0 aliphatic carbocycles. The number of aromatic nitrogens is 3. The van der Waals surface area contributed by atoms with Gasteiger partial charge in [0.25, 0.3) is 11.8 Å². The first kappa shape index (κ1) is 34.1. The number of aliphatic carboxylic acids is 1. The van der Waals surface area contributed by atoms with Crippen molar-refractivity contribution in [2.24, 2.45) is 12.5 Å². The Morgan fingerprint density at radius 1 is 0.957 bits per heavy atom. The average molecular weight is 632 g/mol. The number of benzene rings is 1. The smallest absolute Gasteiger partial charge is 0.305 e. The number of carboxylic acid groups (broad SMARTS) is 1. The monoisotopic (exact) mass is 631 g/mol. The van der Waals surface area contributed by atoms with E-state index in [0.717, 1.165) is 5.69 Å². The molecule has 1 aliphatic rings. The van der Waals surface area contributed by atoms with Crippen LogP contribution in [0.4, 0.5) is 11.4 Å². The number of hydrogen-bond acceptors (Lipinski definition) is 7. The predicted molar refractivity (Wildman–Crippen MR) is 176 cm³/mol. The maximum atomic E-state index is 13.6. The lowest BCUT2D eigenvalue weighted by Gasteiger charge is -2.38. The molecule has 3 aromatic rings. The van der Waals surface area contributed by atoms with Crippen molar-refractivity contribution in [1.82, 2.24) is 25.0 Å². The molecule has 0 radical (unpaired) electrons. The molecule has 3 amide bonds. The van der Waals surface area contributed by atoms with E-state index in [2.05, 4.69) is 25.6 Å². The number of carboxylic acids is 1. The lowest BCUT2D eigenvalue weighted by molar-refractivity contribution is -0.137. The highest BCUT2D eigenvalue weighted by atomic mass is 16.4. The van der Waals surface area contributed by atoms with Gasteiger partial charge in [0.1, 0.15) is 5.69 Å². The summed E-state index contributed by atoms with van der Waals surface area (Å²) in [5.74, 6) is -1.83. The molecular weight excluding hydrogens is 586 g/mol. The molecule has 0 bridgehead atoms. The van der Waals surface area contributed by atoms with Crippen molar-refractivity contribution in [2.75, 3.05) is 36.4 Å². The van der Waals surface area contributed by atoms with Gasteiger partial charge in [-0.2, -0.15) is 5.10 Å². The van der Waals surface area contributed by atoms with Crippen molar-refractivity contribution in [3.8, 4) is 0 Å². The van der Waals surface area contributed by atoms with Crippen LogP contribution in [0.1, 0.15) is 92.5 Å². The number of pyridine rings is 1. The number of carbonyl (C=O) groups is 4. The van der Waals surface area contributed by atoms with Gasteiger partial charge in [-0.25, -0.2) is 0 Å². The Hall–Kier alpha value is -4.74. The zero-order valence-corrected chi connectivity index (χ0v) is 27.8. The first-order valence-electron chi connectivity index (χ1n) is 15.5. The number of piperazine rings is 1. The number of nitrogens with zero attached hydrogens (tertiary/aromatic N) is 5. The van der Waals surface area contributed by atoms with Gasteiger partial charge in [0, 0.05) is 63.0 Å². The molecule has 0 saturated carbocycles. The van der Waals surface area contributed by atoms with E-state index in [1.54, 1.807) is 49.6 Å². The summed E-state index contributed by atoms with van der Waals surface area (Å²) in [6.07, 6.45) is 3.23.